The standard InChI is InChI=1S/C22H21F3N4O2/c1-28-20(13-10-14(24)12-15(25)11-13)17-6-8-29(21(26)19(17)27-28)22(30)16-4-2-3-5-18(16)31-9-7-23/h2-5,10-12,21H,6-9,26H2,1H3/t21-/m1/s1. The van der Waals surface area contributed by atoms with Crippen molar-refractivity contribution in [3.05, 3.63) is 70.9 Å². The maximum absolute atomic E-state index is 13.8. The first kappa shape index (κ1) is 20.9. The molecule has 1 aromatic heterocycles. The van der Waals surface area contributed by atoms with Crippen molar-refractivity contribution in [2.24, 2.45) is 12.8 Å². The third-order valence-corrected chi connectivity index (χ3v) is 5.24. The van der Waals surface area contributed by atoms with E-state index in [-0.39, 0.29) is 30.4 Å². The number of halogens is 3. The van der Waals surface area contributed by atoms with Crippen molar-refractivity contribution in [2.45, 2.75) is 12.6 Å². The molecule has 2 heterocycles. The molecule has 0 spiro atoms. The van der Waals surface area contributed by atoms with Gasteiger partial charge in [-0.2, -0.15) is 5.10 Å². The number of carbonyl (C=O) groups is 1. The van der Waals surface area contributed by atoms with Gasteiger partial charge in [0.05, 0.1) is 11.3 Å². The molecule has 1 amide bonds. The first-order chi connectivity index (χ1) is 14.9. The molecule has 1 aliphatic heterocycles. The summed E-state index contributed by atoms with van der Waals surface area (Å²) in [6.07, 6.45) is -0.451. The summed E-state index contributed by atoms with van der Waals surface area (Å²) in [6.45, 7) is -0.554. The van der Waals surface area contributed by atoms with Crippen LogP contribution in [0.15, 0.2) is 42.5 Å². The van der Waals surface area contributed by atoms with Crippen molar-refractivity contribution in [3.8, 4) is 17.0 Å². The fraction of sp³-hybridized carbons (Fsp3) is 0.273. The van der Waals surface area contributed by atoms with Crippen LogP contribution in [0.5, 0.6) is 5.75 Å². The third-order valence-electron chi connectivity index (χ3n) is 5.24. The van der Waals surface area contributed by atoms with E-state index < -0.39 is 24.5 Å². The zero-order valence-electron chi connectivity index (χ0n) is 16.8. The number of nitrogens with zero attached hydrogens (tertiary/aromatic N) is 3. The smallest absolute Gasteiger partial charge is 0.259 e. The molecule has 2 N–H and O–H groups in total. The Morgan fingerprint density at radius 3 is 2.65 bits per heavy atom. The SMILES string of the molecule is Cn1nc2c(c1-c1cc(F)cc(F)c1)CCN(C(=O)c1ccccc1OCCF)[C@H]2N. The van der Waals surface area contributed by atoms with E-state index in [9.17, 15) is 18.0 Å². The van der Waals surface area contributed by atoms with Crippen LogP contribution in [0.2, 0.25) is 0 Å². The van der Waals surface area contributed by atoms with Crippen LogP contribution in [0, 0.1) is 11.6 Å². The molecule has 6 nitrogen and oxygen atoms in total. The lowest BCUT2D eigenvalue weighted by Gasteiger charge is -2.33. The number of fused-ring (bicyclic) bond motifs is 1. The summed E-state index contributed by atoms with van der Waals surface area (Å²) >= 11 is 0. The molecule has 162 valence electrons. The molecule has 0 fully saturated rings. The van der Waals surface area contributed by atoms with Gasteiger partial charge < -0.3 is 15.4 Å². The summed E-state index contributed by atoms with van der Waals surface area (Å²) in [7, 11) is 1.66. The second kappa shape index (κ2) is 8.43. The fourth-order valence-electron chi connectivity index (χ4n) is 3.94. The van der Waals surface area contributed by atoms with Crippen LogP contribution < -0.4 is 10.5 Å². The van der Waals surface area contributed by atoms with E-state index in [1.807, 2.05) is 0 Å². The average Bonchev–Trinajstić information content (AvgIpc) is 3.08. The highest BCUT2D eigenvalue weighted by Crippen LogP contribution is 2.35. The molecule has 0 unspecified atom stereocenters. The summed E-state index contributed by atoms with van der Waals surface area (Å²) in [5.41, 5.74) is 8.77. The maximum atomic E-state index is 13.8. The summed E-state index contributed by atoms with van der Waals surface area (Å²) in [5, 5.41) is 4.44. The Kier molecular flexibility index (Phi) is 5.69. The number of hydrogen-bond acceptors (Lipinski definition) is 4. The molecule has 2 aromatic carbocycles. The number of aryl methyl sites for hydroxylation is 1. The number of nitrogens with two attached hydrogens (primary N) is 1. The molecule has 3 aromatic rings. The lowest BCUT2D eigenvalue weighted by atomic mass is 9.97. The summed E-state index contributed by atoms with van der Waals surface area (Å²) in [6, 6.07) is 9.86. The Bertz CT molecular complexity index is 1110. The van der Waals surface area contributed by atoms with Gasteiger partial charge in [-0.15, -0.1) is 0 Å². The van der Waals surface area contributed by atoms with Gasteiger partial charge >= 0.3 is 0 Å². The number of aromatic nitrogens is 2. The quantitative estimate of drug-likeness (QED) is 0.674. The van der Waals surface area contributed by atoms with Crippen LogP contribution in [0.4, 0.5) is 13.2 Å². The highest BCUT2D eigenvalue weighted by Gasteiger charge is 2.34. The van der Waals surface area contributed by atoms with Crippen LogP contribution in [0.3, 0.4) is 0 Å². The van der Waals surface area contributed by atoms with Gasteiger partial charge in [0, 0.05) is 30.8 Å². The highest BCUT2D eigenvalue weighted by molar-refractivity contribution is 5.97. The number of benzene rings is 2. The second-order valence-electron chi connectivity index (χ2n) is 7.22. The van der Waals surface area contributed by atoms with Gasteiger partial charge in [-0.3, -0.25) is 9.48 Å². The van der Waals surface area contributed by atoms with E-state index in [0.29, 0.717) is 23.4 Å². The van der Waals surface area contributed by atoms with E-state index in [1.54, 1.807) is 31.3 Å². The van der Waals surface area contributed by atoms with Gasteiger partial charge in [0.15, 0.2) is 0 Å². The minimum Gasteiger partial charge on any atom is -0.490 e. The summed E-state index contributed by atoms with van der Waals surface area (Å²) in [5.74, 6) is -1.46. The number of carbonyl (C=O) groups excluding carboxylic acids is 1. The van der Waals surface area contributed by atoms with E-state index in [2.05, 4.69) is 5.10 Å². The van der Waals surface area contributed by atoms with E-state index >= 15 is 0 Å². The number of para-hydroxylation sites is 1. The van der Waals surface area contributed by atoms with Gasteiger partial charge in [-0.25, -0.2) is 13.2 Å². The Hall–Kier alpha value is -3.33. The van der Waals surface area contributed by atoms with Gasteiger partial charge in [0.2, 0.25) is 0 Å². The molecule has 4 rings (SSSR count). The normalized spacial score (nSPS) is 15.6. The van der Waals surface area contributed by atoms with E-state index in [4.69, 9.17) is 10.5 Å². The van der Waals surface area contributed by atoms with Crippen LogP contribution in [-0.2, 0) is 13.5 Å². The monoisotopic (exact) mass is 430 g/mol. The molecular formula is C22H21F3N4O2. The first-order valence-corrected chi connectivity index (χ1v) is 9.77. The lowest BCUT2D eigenvalue weighted by Crippen LogP contribution is -2.44. The second-order valence-corrected chi connectivity index (χ2v) is 7.22. The molecule has 0 aliphatic carbocycles. The van der Waals surface area contributed by atoms with Crippen molar-refractivity contribution in [1.82, 2.24) is 14.7 Å². The molecule has 1 atom stereocenters. The zero-order chi connectivity index (χ0) is 22.1. The van der Waals surface area contributed by atoms with Crippen molar-refractivity contribution >= 4 is 5.91 Å². The third kappa shape index (κ3) is 3.88. The number of amides is 1. The van der Waals surface area contributed by atoms with Crippen LogP contribution in [-0.4, -0.2) is 40.4 Å². The Balaban J connectivity index is 1.68. The van der Waals surface area contributed by atoms with Crippen LogP contribution >= 0.6 is 0 Å². The molecule has 0 bridgehead atoms. The van der Waals surface area contributed by atoms with Crippen molar-refractivity contribution in [1.29, 1.82) is 0 Å². The predicted octanol–water partition coefficient (Wildman–Crippen LogP) is 3.37. The van der Waals surface area contributed by atoms with Gasteiger partial charge in [0.25, 0.3) is 5.91 Å². The number of alkyl halides is 1. The highest BCUT2D eigenvalue weighted by atomic mass is 19.1. The first-order valence-electron chi connectivity index (χ1n) is 9.77. The minimum atomic E-state index is -0.858. The largest absolute Gasteiger partial charge is 0.490 e. The van der Waals surface area contributed by atoms with Crippen molar-refractivity contribution in [2.75, 3.05) is 19.8 Å². The minimum absolute atomic E-state index is 0.158. The van der Waals surface area contributed by atoms with Gasteiger partial charge in [0.1, 0.15) is 42.5 Å². The van der Waals surface area contributed by atoms with Gasteiger partial charge in [-0.1, -0.05) is 12.1 Å². The maximum Gasteiger partial charge on any atom is 0.259 e. The Morgan fingerprint density at radius 2 is 1.94 bits per heavy atom. The topological polar surface area (TPSA) is 73.4 Å². The lowest BCUT2D eigenvalue weighted by molar-refractivity contribution is 0.0657. The molecule has 0 radical (unpaired) electrons. The number of hydrogen-bond donors (Lipinski definition) is 1. The molecule has 1 aliphatic rings. The van der Waals surface area contributed by atoms with Crippen LogP contribution in [0.1, 0.15) is 27.8 Å². The van der Waals surface area contributed by atoms with Gasteiger partial charge in [-0.05, 0) is 30.7 Å². The average molecular weight is 430 g/mol. The Morgan fingerprint density at radius 1 is 1.23 bits per heavy atom. The predicted molar refractivity (Wildman–Crippen MR) is 108 cm³/mol. The number of ether oxygens (including phenoxy) is 1. The summed E-state index contributed by atoms with van der Waals surface area (Å²) in [4.78, 5) is 14.7. The van der Waals surface area contributed by atoms with E-state index in [1.165, 1.54) is 21.7 Å². The molecule has 9 heteroatoms. The molecule has 31 heavy (non-hydrogen) atoms. The van der Waals surface area contributed by atoms with Crippen molar-refractivity contribution in [3.63, 3.8) is 0 Å². The van der Waals surface area contributed by atoms with Crippen molar-refractivity contribution < 1.29 is 22.7 Å². The molecular weight excluding hydrogens is 409 g/mol. The van der Waals surface area contributed by atoms with E-state index in [0.717, 1.165) is 11.6 Å². The Labute approximate surface area is 177 Å². The fourth-order valence-corrected chi connectivity index (χ4v) is 3.94. The summed E-state index contributed by atoms with van der Waals surface area (Å²) < 4.78 is 46.9. The number of rotatable bonds is 5. The molecule has 0 saturated carbocycles. The molecule has 0 saturated heterocycles. The zero-order valence-corrected chi connectivity index (χ0v) is 16.8. The van der Waals surface area contributed by atoms with Crippen LogP contribution in [0.25, 0.3) is 11.3 Å².